The Morgan fingerprint density at radius 2 is 1.54 bits per heavy atom. The van der Waals surface area contributed by atoms with E-state index in [4.69, 9.17) is 29.4 Å². The second-order valence-corrected chi connectivity index (χ2v) is 15.3. The molecule has 0 radical (unpaired) electrons. The van der Waals surface area contributed by atoms with E-state index in [2.05, 4.69) is 0 Å². The molecule has 0 aromatic carbocycles. The van der Waals surface area contributed by atoms with Crippen LogP contribution in [-0.4, -0.2) is 106 Å². The lowest BCUT2D eigenvalue weighted by Gasteiger charge is -2.47. The summed E-state index contributed by atoms with van der Waals surface area (Å²) in [5.74, 6) is -3.94. The molecule has 2 saturated heterocycles. The predicted molar refractivity (Wildman–Crippen MR) is 171 cm³/mol. The summed E-state index contributed by atoms with van der Waals surface area (Å²) in [6.07, 6.45) is -8.01. The second kappa shape index (κ2) is 16.5. The maximum absolute atomic E-state index is 13.8. The Balaban J connectivity index is 2.68. The molecule has 6 N–H and O–H groups in total. The number of hydrogen-bond donors (Lipinski definition) is 5. The molecule has 0 spiro atoms. The van der Waals surface area contributed by atoms with E-state index in [-0.39, 0.29) is 18.6 Å². The summed E-state index contributed by atoms with van der Waals surface area (Å²) >= 11 is 0. The van der Waals surface area contributed by atoms with Crippen LogP contribution >= 0.6 is 0 Å². The van der Waals surface area contributed by atoms with Gasteiger partial charge in [0.2, 0.25) is 0 Å². The smallest absolute Gasteiger partial charge is 0.311 e. The van der Waals surface area contributed by atoms with Crippen LogP contribution < -0.4 is 5.73 Å². The molecule has 0 aromatic rings. The molecule has 2 aliphatic heterocycles. The van der Waals surface area contributed by atoms with Crippen LogP contribution in [0.4, 0.5) is 0 Å². The highest BCUT2D eigenvalue weighted by atomic mass is 16.7. The number of methoxy groups -OCH3 is 1. The summed E-state index contributed by atoms with van der Waals surface area (Å²) in [5, 5.41) is 44.8. The number of esters is 1. The molecule has 2 aliphatic rings. The molecule has 46 heavy (non-hydrogen) atoms. The Morgan fingerprint density at radius 1 is 0.957 bits per heavy atom. The fourth-order valence-corrected chi connectivity index (χ4v) is 6.99. The Hall–Kier alpha value is -1.22. The van der Waals surface area contributed by atoms with Gasteiger partial charge in [-0.05, 0) is 52.4 Å². The van der Waals surface area contributed by atoms with E-state index in [1.165, 1.54) is 7.11 Å². The first-order valence-corrected chi connectivity index (χ1v) is 16.8. The minimum absolute atomic E-state index is 0.0257. The van der Waals surface area contributed by atoms with Crippen LogP contribution in [0.15, 0.2) is 0 Å². The first kappa shape index (κ1) is 41.0. The lowest BCUT2D eigenvalue weighted by Crippen LogP contribution is -2.57. The summed E-state index contributed by atoms with van der Waals surface area (Å²) in [4.78, 5) is 27.2. The fourth-order valence-electron chi connectivity index (χ4n) is 6.99. The number of Topliss-reactive ketones (excluding diaryl/α,β-unsaturated/α-hetero) is 1. The number of rotatable bonds is 7. The molecule has 0 amide bonds. The number of aliphatic hydroxyl groups is 4. The molecule has 270 valence electrons. The van der Waals surface area contributed by atoms with Gasteiger partial charge in [-0.3, -0.25) is 9.59 Å². The van der Waals surface area contributed by atoms with Crippen molar-refractivity contribution in [2.45, 2.75) is 162 Å². The molecule has 0 saturated carbocycles. The molecule has 12 nitrogen and oxygen atoms in total. The zero-order valence-corrected chi connectivity index (χ0v) is 30.0. The molecule has 6 unspecified atom stereocenters. The second-order valence-electron chi connectivity index (χ2n) is 15.3. The molecular weight excluding hydrogens is 598 g/mol. The van der Waals surface area contributed by atoms with Gasteiger partial charge in [-0.25, -0.2) is 0 Å². The largest absolute Gasteiger partial charge is 0.462 e. The fraction of sp³-hybridized carbons (Fsp3) is 0.941. The lowest BCUT2D eigenvalue weighted by molar-refractivity contribution is -0.295. The van der Waals surface area contributed by atoms with E-state index in [1.54, 1.807) is 62.3 Å². The van der Waals surface area contributed by atoms with E-state index < -0.39 is 108 Å². The first-order valence-electron chi connectivity index (χ1n) is 16.8. The standard InChI is InChI=1S/C34H63NO11/c1-16-13-24(36)17(2)14-34(11,41)30(46-32(42-12)27(38)21(6)35)19(4)28(20(5)31(40)44-22(7)18(3)26(16)37)45-25-15-33(9,10)29(39)23(8)43-25/h16-23,25-30,32,37-39,41H,13-15,35H2,1-12H3/t16?,17-,18+,19+,20?,21?,22-,23?,25+,26?,27-,28+,29+,30-,32?,34-/m1/s1. The molecule has 16 atom stereocenters. The van der Waals surface area contributed by atoms with Gasteiger partial charge in [-0.15, -0.1) is 0 Å². The summed E-state index contributed by atoms with van der Waals surface area (Å²) in [5.41, 5.74) is 3.71. The minimum atomic E-state index is -1.70. The Kier molecular flexibility index (Phi) is 14.6. The van der Waals surface area contributed by atoms with Gasteiger partial charge in [0.15, 0.2) is 12.6 Å². The van der Waals surface area contributed by atoms with Gasteiger partial charge in [0, 0.05) is 43.7 Å². The average molecular weight is 662 g/mol. The number of hydrogen-bond acceptors (Lipinski definition) is 12. The lowest BCUT2D eigenvalue weighted by atomic mass is 9.76. The maximum atomic E-state index is 13.8. The number of nitrogens with two attached hydrogens (primary N) is 1. The van der Waals surface area contributed by atoms with Crippen molar-refractivity contribution >= 4 is 11.8 Å². The number of ketones is 1. The van der Waals surface area contributed by atoms with Crippen molar-refractivity contribution in [1.29, 1.82) is 0 Å². The third-order valence-corrected chi connectivity index (χ3v) is 10.4. The maximum Gasteiger partial charge on any atom is 0.311 e. The highest BCUT2D eigenvalue weighted by molar-refractivity contribution is 5.81. The number of cyclic esters (lactones) is 1. The third kappa shape index (κ3) is 9.92. The highest BCUT2D eigenvalue weighted by Gasteiger charge is 2.50. The van der Waals surface area contributed by atoms with Crippen LogP contribution in [-0.2, 0) is 33.3 Å². The van der Waals surface area contributed by atoms with Gasteiger partial charge in [0.25, 0.3) is 0 Å². The Labute approximate surface area is 275 Å². The van der Waals surface area contributed by atoms with Crippen molar-refractivity contribution < 1.29 is 53.7 Å². The molecular formula is C34H63NO11. The van der Waals surface area contributed by atoms with Gasteiger partial charge in [-0.2, -0.15) is 0 Å². The van der Waals surface area contributed by atoms with Crippen LogP contribution in [0, 0.1) is 35.0 Å². The summed E-state index contributed by atoms with van der Waals surface area (Å²) < 4.78 is 30.4. The molecule has 0 bridgehead atoms. The number of carbonyl (C=O) groups is 2. The summed E-state index contributed by atoms with van der Waals surface area (Å²) in [7, 11) is 1.35. The first-order chi connectivity index (χ1) is 21.0. The quantitative estimate of drug-likeness (QED) is 0.199. The van der Waals surface area contributed by atoms with Crippen molar-refractivity contribution in [1.82, 2.24) is 0 Å². The van der Waals surface area contributed by atoms with E-state index in [0.717, 1.165) is 0 Å². The van der Waals surface area contributed by atoms with Crippen LogP contribution in [0.2, 0.25) is 0 Å². The van der Waals surface area contributed by atoms with Crippen molar-refractivity contribution in [2.75, 3.05) is 7.11 Å². The Morgan fingerprint density at radius 3 is 2.07 bits per heavy atom. The van der Waals surface area contributed by atoms with Gasteiger partial charge in [0.1, 0.15) is 18.0 Å². The molecule has 0 aliphatic carbocycles. The van der Waals surface area contributed by atoms with Crippen LogP contribution in [0.25, 0.3) is 0 Å². The van der Waals surface area contributed by atoms with E-state index in [1.807, 2.05) is 13.8 Å². The van der Waals surface area contributed by atoms with Gasteiger partial charge >= 0.3 is 5.97 Å². The van der Waals surface area contributed by atoms with E-state index >= 15 is 0 Å². The summed E-state index contributed by atoms with van der Waals surface area (Å²) in [6.45, 7) is 19.1. The van der Waals surface area contributed by atoms with E-state index in [9.17, 15) is 30.0 Å². The molecule has 2 heterocycles. The van der Waals surface area contributed by atoms with Crippen LogP contribution in [0.3, 0.4) is 0 Å². The van der Waals surface area contributed by atoms with Crippen molar-refractivity contribution in [2.24, 2.45) is 40.7 Å². The van der Waals surface area contributed by atoms with Gasteiger partial charge < -0.3 is 49.8 Å². The molecule has 2 fully saturated rings. The molecule has 12 heteroatoms. The third-order valence-electron chi connectivity index (χ3n) is 10.4. The Bertz CT molecular complexity index is 990. The van der Waals surface area contributed by atoms with Gasteiger partial charge in [-0.1, -0.05) is 41.5 Å². The minimum Gasteiger partial charge on any atom is -0.462 e. The highest BCUT2D eigenvalue weighted by Crippen LogP contribution is 2.40. The van der Waals surface area contributed by atoms with Crippen molar-refractivity contribution in [3.63, 3.8) is 0 Å². The SMILES string of the molecule is COC(O[C@@H]1[C@@H](C)[C@H](O[C@H]2CC(C)(C)[C@@H](O)C(C)O2)C(C)C(=O)O[C@H](C)[C@H](C)C(O)C(C)CC(=O)[C@H](C)C[C@@]1(C)O)[C@H](O)C(C)N. The molecule has 0 aromatic heterocycles. The number of aliphatic hydroxyl groups excluding tert-OH is 3. The zero-order valence-electron chi connectivity index (χ0n) is 30.0. The monoisotopic (exact) mass is 661 g/mol. The number of carbonyl (C=O) groups excluding carboxylic acids is 2. The predicted octanol–water partition coefficient (Wildman–Crippen LogP) is 2.55. The van der Waals surface area contributed by atoms with Crippen LogP contribution in [0.5, 0.6) is 0 Å². The average Bonchev–Trinajstić information content (AvgIpc) is 2.96. The van der Waals surface area contributed by atoms with Crippen molar-refractivity contribution in [3.8, 4) is 0 Å². The van der Waals surface area contributed by atoms with Gasteiger partial charge in [0.05, 0.1) is 42.0 Å². The molecule has 2 rings (SSSR count). The van der Waals surface area contributed by atoms with Crippen molar-refractivity contribution in [3.05, 3.63) is 0 Å². The van der Waals surface area contributed by atoms with E-state index in [0.29, 0.717) is 6.42 Å². The topological polar surface area (TPSA) is 187 Å². The zero-order chi connectivity index (χ0) is 35.5. The number of ether oxygens (including phenoxy) is 5. The normalized spacial score (nSPS) is 43.9. The van der Waals surface area contributed by atoms with Crippen LogP contribution in [0.1, 0.15) is 95.4 Å². The summed E-state index contributed by atoms with van der Waals surface area (Å²) in [6, 6.07) is -0.740.